The molecule has 0 radical (unpaired) electrons. The maximum absolute atomic E-state index is 12.7. The zero-order valence-corrected chi connectivity index (χ0v) is 15.8. The van der Waals surface area contributed by atoms with E-state index >= 15 is 0 Å². The quantitative estimate of drug-likeness (QED) is 0.580. The van der Waals surface area contributed by atoms with Gasteiger partial charge < -0.3 is 15.7 Å². The number of carboxylic acid groups (broad SMARTS) is 1. The second-order valence-corrected chi connectivity index (χ2v) is 7.07. The first kappa shape index (κ1) is 20.9. The summed E-state index contributed by atoms with van der Waals surface area (Å²) in [6, 6.07) is 4.57. The molecule has 27 heavy (non-hydrogen) atoms. The highest BCUT2D eigenvalue weighted by atomic mass is 16.4. The molecule has 1 fully saturated rings. The van der Waals surface area contributed by atoms with Gasteiger partial charge in [-0.25, -0.2) is 0 Å². The average Bonchev–Trinajstić information content (AvgIpc) is 3.12. The normalized spacial score (nSPS) is 20.0. The molecule has 1 aliphatic carbocycles. The number of nitrogens with one attached hydrogen (secondary N) is 2. The molecule has 7 nitrogen and oxygen atoms in total. The Hall–Kier alpha value is -2.44. The Labute approximate surface area is 159 Å². The molecule has 2 amide bonds. The molecule has 0 aromatic carbocycles. The standard InChI is InChI=1S/C20H29N3O4/c1-2-3-9-17(19(25)23-16-10-6-8-15(16)20(26)27)22-18(24)12-11-14-7-4-5-13-21-14/h4-5,7,13,15-17H,2-3,6,8-12H2,1H3,(H,22,24)(H,23,25)(H,26,27)/t15-,16+,17+/m1/s1. The molecular weight excluding hydrogens is 346 g/mol. The van der Waals surface area contributed by atoms with Crippen LogP contribution in [0, 0.1) is 5.92 Å². The molecule has 1 heterocycles. The lowest BCUT2D eigenvalue weighted by atomic mass is 10.0. The van der Waals surface area contributed by atoms with E-state index in [1.807, 2.05) is 25.1 Å². The van der Waals surface area contributed by atoms with Crippen LogP contribution < -0.4 is 10.6 Å². The first-order chi connectivity index (χ1) is 13.0. The van der Waals surface area contributed by atoms with Crippen molar-refractivity contribution in [1.82, 2.24) is 15.6 Å². The summed E-state index contributed by atoms with van der Waals surface area (Å²) in [5, 5.41) is 14.9. The number of carbonyl (C=O) groups excluding carboxylic acids is 2. The van der Waals surface area contributed by atoms with Crippen molar-refractivity contribution < 1.29 is 19.5 Å². The van der Waals surface area contributed by atoms with Gasteiger partial charge in [0.1, 0.15) is 6.04 Å². The number of carboxylic acids is 1. The van der Waals surface area contributed by atoms with Gasteiger partial charge in [0.2, 0.25) is 11.8 Å². The van der Waals surface area contributed by atoms with Crippen molar-refractivity contribution in [1.29, 1.82) is 0 Å². The van der Waals surface area contributed by atoms with Gasteiger partial charge in [-0.15, -0.1) is 0 Å². The number of hydrogen-bond donors (Lipinski definition) is 3. The highest BCUT2D eigenvalue weighted by molar-refractivity contribution is 5.88. The first-order valence-corrected chi connectivity index (χ1v) is 9.73. The van der Waals surface area contributed by atoms with E-state index in [1.54, 1.807) is 6.20 Å². The number of nitrogens with zero attached hydrogens (tertiary/aromatic N) is 1. The topological polar surface area (TPSA) is 108 Å². The molecule has 7 heteroatoms. The number of amides is 2. The van der Waals surface area contributed by atoms with E-state index in [9.17, 15) is 19.5 Å². The zero-order chi connectivity index (χ0) is 19.6. The van der Waals surface area contributed by atoms with Gasteiger partial charge in [-0.2, -0.15) is 0 Å². The SMILES string of the molecule is CCCC[C@H](NC(=O)CCc1ccccn1)C(=O)N[C@H]1CCC[C@H]1C(=O)O. The Kier molecular flexibility index (Phi) is 8.23. The van der Waals surface area contributed by atoms with E-state index in [2.05, 4.69) is 15.6 Å². The largest absolute Gasteiger partial charge is 0.481 e. The summed E-state index contributed by atoms with van der Waals surface area (Å²) in [7, 11) is 0. The Morgan fingerprint density at radius 1 is 1.30 bits per heavy atom. The molecule has 1 aliphatic rings. The van der Waals surface area contributed by atoms with E-state index in [4.69, 9.17) is 0 Å². The van der Waals surface area contributed by atoms with Crippen LogP contribution in [0.5, 0.6) is 0 Å². The third-order valence-electron chi connectivity index (χ3n) is 4.99. The van der Waals surface area contributed by atoms with E-state index in [0.29, 0.717) is 25.7 Å². The highest BCUT2D eigenvalue weighted by Crippen LogP contribution is 2.26. The molecule has 0 aliphatic heterocycles. The number of carbonyl (C=O) groups is 3. The minimum Gasteiger partial charge on any atom is -0.481 e. The molecule has 3 atom stereocenters. The van der Waals surface area contributed by atoms with Crippen LogP contribution in [0.25, 0.3) is 0 Å². The third kappa shape index (κ3) is 6.66. The Morgan fingerprint density at radius 2 is 2.11 bits per heavy atom. The maximum Gasteiger partial charge on any atom is 0.308 e. The van der Waals surface area contributed by atoms with Crippen molar-refractivity contribution in [2.45, 2.75) is 70.4 Å². The predicted octanol–water partition coefficient (Wildman–Crippen LogP) is 2.06. The summed E-state index contributed by atoms with van der Waals surface area (Å²) in [6.45, 7) is 2.02. The molecule has 0 spiro atoms. The summed E-state index contributed by atoms with van der Waals surface area (Å²) in [5.74, 6) is -1.89. The van der Waals surface area contributed by atoms with Crippen LogP contribution in [0.15, 0.2) is 24.4 Å². The number of hydrogen-bond acceptors (Lipinski definition) is 4. The molecule has 0 unspecified atom stereocenters. The van der Waals surface area contributed by atoms with Crippen LogP contribution in [-0.4, -0.2) is 40.0 Å². The predicted molar refractivity (Wildman–Crippen MR) is 101 cm³/mol. The molecule has 1 aromatic rings. The van der Waals surface area contributed by atoms with Gasteiger partial charge in [-0.1, -0.05) is 32.3 Å². The molecule has 3 N–H and O–H groups in total. The Balaban J connectivity index is 1.89. The van der Waals surface area contributed by atoms with Crippen molar-refractivity contribution >= 4 is 17.8 Å². The number of aromatic nitrogens is 1. The summed E-state index contributed by atoms with van der Waals surface area (Å²) in [6.07, 6.45) is 6.76. The Morgan fingerprint density at radius 3 is 2.78 bits per heavy atom. The van der Waals surface area contributed by atoms with Crippen molar-refractivity contribution in [3.05, 3.63) is 30.1 Å². The molecule has 1 aromatic heterocycles. The fourth-order valence-corrected chi connectivity index (χ4v) is 3.44. The fourth-order valence-electron chi connectivity index (χ4n) is 3.44. The lowest BCUT2D eigenvalue weighted by molar-refractivity contribution is -0.142. The minimum atomic E-state index is -0.873. The van der Waals surface area contributed by atoms with Gasteiger partial charge in [-0.3, -0.25) is 19.4 Å². The first-order valence-electron chi connectivity index (χ1n) is 9.73. The average molecular weight is 375 g/mol. The summed E-state index contributed by atoms with van der Waals surface area (Å²) >= 11 is 0. The van der Waals surface area contributed by atoms with Gasteiger partial charge in [0.05, 0.1) is 5.92 Å². The van der Waals surface area contributed by atoms with E-state index in [-0.39, 0.29) is 24.3 Å². The molecule has 1 saturated carbocycles. The molecule has 148 valence electrons. The summed E-state index contributed by atoms with van der Waals surface area (Å²) < 4.78 is 0. The van der Waals surface area contributed by atoms with Crippen LogP contribution in [0.4, 0.5) is 0 Å². The zero-order valence-electron chi connectivity index (χ0n) is 15.8. The Bertz CT molecular complexity index is 635. The number of unbranched alkanes of at least 4 members (excludes halogenated alkanes) is 1. The lowest BCUT2D eigenvalue weighted by Crippen LogP contribution is -2.51. The monoisotopic (exact) mass is 375 g/mol. The van der Waals surface area contributed by atoms with Gasteiger partial charge in [0.25, 0.3) is 0 Å². The molecule has 2 rings (SSSR count). The van der Waals surface area contributed by atoms with Crippen LogP contribution in [-0.2, 0) is 20.8 Å². The van der Waals surface area contributed by atoms with E-state index in [0.717, 1.165) is 25.0 Å². The van der Waals surface area contributed by atoms with Crippen LogP contribution in [0.1, 0.15) is 57.6 Å². The second-order valence-electron chi connectivity index (χ2n) is 7.07. The minimum absolute atomic E-state index is 0.196. The van der Waals surface area contributed by atoms with Gasteiger partial charge >= 0.3 is 5.97 Å². The van der Waals surface area contributed by atoms with Crippen molar-refractivity contribution in [3.8, 4) is 0 Å². The van der Waals surface area contributed by atoms with Crippen LogP contribution >= 0.6 is 0 Å². The van der Waals surface area contributed by atoms with Crippen molar-refractivity contribution in [2.75, 3.05) is 0 Å². The van der Waals surface area contributed by atoms with Gasteiger partial charge in [0.15, 0.2) is 0 Å². The maximum atomic E-state index is 12.7. The second kappa shape index (κ2) is 10.6. The van der Waals surface area contributed by atoms with E-state index < -0.39 is 17.9 Å². The fraction of sp³-hybridized carbons (Fsp3) is 0.600. The molecular formula is C20H29N3O4. The van der Waals surface area contributed by atoms with E-state index in [1.165, 1.54) is 0 Å². The third-order valence-corrected chi connectivity index (χ3v) is 4.99. The number of rotatable bonds is 10. The molecule has 0 bridgehead atoms. The number of aryl methyl sites for hydroxylation is 1. The summed E-state index contributed by atoms with van der Waals surface area (Å²) in [5.41, 5.74) is 0.831. The van der Waals surface area contributed by atoms with Crippen molar-refractivity contribution in [2.24, 2.45) is 5.92 Å². The molecule has 0 saturated heterocycles. The lowest BCUT2D eigenvalue weighted by Gasteiger charge is -2.23. The smallest absolute Gasteiger partial charge is 0.308 e. The van der Waals surface area contributed by atoms with Crippen LogP contribution in [0.2, 0.25) is 0 Å². The number of pyridine rings is 1. The highest BCUT2D eigenvalue weighted by Gasteiger charge is 2.35. The van der Waals surface area contributed by atoms with Crippen molar-refractivity contribution in [3.63, 3.8) is 0 Å². The van der Waals surface area contributed by atoms with Gasteiger partial charge in [0, 0.05) is 24.4 Å². The summed E-state index contributed by atoms with van der Waals surface area (Å²) in [4.78, 5) is 40.4. The number of aliphatic carboxylic acids is 1. The van der Waals surface area contributed by atoms with Crippen LogP contribution in [0.3, 0.4) is 0 Å². The van der Waals surface area contributed by atoms with Gasteiger partial charge in [-0.05, 0) is 37.8 Å².